The second-order valence-corrected chi connectivity index (χ2v) is 27.1. The van der Waals surface area contributed by atoms with E-state index in [1.807, 2.05) is 118 Å². The van der Waals surface area contributed by atoms with Crippen molar-refractivity contribution in [3.8, 4) is 11.1 Å². The Balaban J connectivity index is 0.000000164. The lowest BCUT2D eigenvalue weighted by molar-refractivity contribution is 0.263. The van der Waals surface area contributed by atoms with Crippen LogP contribution in [0.1, 0.15) is 123 Å². The highest BCUT2D eigenvalue weighted by atomic mass is 32.2. The third-order valence-corrected chi connectivity index (χ3v) is 19.2. The third kappa shape index (κ3) is 21.3. The van der Waals surface area contributed by atoms with Crippen LogP contribution in [0.2, 0.25) is 0 Å². The average Bonchev–Trinajstić information content (AvgIpc) is 1.54. The smallest absolute Gasteiger partial charge is 0.213 e. The molecule has 14 aromatic rings. The quantitative estimate of drug-likeness (QED) is 0.156. The molecular formula is C80H92N16O3S3. The van der Waals surface area contributed by atoms with Crippen LogP contribution in [-0.2, 0) is 16.9 Å². The Morgan fingerprint density at radius 2 is 0.843 bits per heavy atom. The van der Waals surface area contributed by atoms with E-state index in [1.54, 1.807) is 81.0 Å². The van der Waals surface area contributed by atoms with Gasteiger partial charge in [0.1, 0.15) is 57.4 Å². The summed E-state index contributed by atoms with van der Waals surface area (Å²) in [6.07, 6.45) is 7.43. The molecule has 528 valence electrons. The van der Waals surface area contributed by atoms with Crippen molar-refractivity contribution in [3.05, 3.63) is 279 Å². The van der Waals surface area contributed by atoms with Crippen molar-refractivity contribution in [1.29, 1.82) is 0 Å². The summed E-state index contributed by atoms with van der Waals surface area (Å²) in [6, 6.07) is 51.9. The number of hydrogen-bond acceptors (Lipinski definition) is 20. The second-order valence-electron chi connectivity index (χ2n) is 24.1. The zero-order chi connectivity index (χ0) is 74.2. The maximum Gasteiger partial charge on any atom is 0.213 e. The fourth-order valence-corrected chi connectivity index (χ4v) is 13.2. The van der Waals surface area contributed by atoms with Gasteiger partial charge < -0.3 is 8.98 Å². The van der Waals surface area contributed by atoms with Gasteiger partial charge in [0, 0.05) is 51.2 Å². The topological polar surface area (TPSA) is 235 Å². The molecule has 2 atom stereocenters. The molecule has 7 aromatic carbocycles. The molecule has 1 aliphatic heterocycles. The van der Waals surface area contributed by atoms with Crippen molar-refractivity contribution in [2.75, 3.05) is 7.05 Å². The van der Waals surface area contributed by atoms with Crippen LogP contribution < -0.4 is 0 Å². The van der Waals surface area contributed by atoms with Gasteiger partial charge in [-0.1, -0.05) is 140 Å². The summed E-state index contributed by atoms with van der Waals surface area (Å²) in [7, 11) is 0.740. The van der Waals surface area contributed by atoms with E-state index in [1.165, 1.54) is 95.6 Å². The van der Waals surface area contributed by atoms with Gasteiger partial charge in [-0.2, -0.15) is 17.5 Å². The van der Waals surface area contributed by atoms with Crippen LogP contribution in [0.4, 0.5) is 0 Å². The highest BCUT2D eigenvalue weighted by molar-refractivity contribution is 7.91. The summed E-state index contributed by atoms with van der Waals surface area (Å²) < 4.78 is 48.5. The summed E-state index contributed by atoms with van der Waals surface area (Å²) in [5, 5.41) is 17.4. The number of benzene rings is 7. The number of aromatic nitrogens is 14. The van der Waals surface area contributed by atoms with Crippen LogP contribution >= 0.6 is 23.5 Å². The van der Waals surface area contributed by atoms with E-state index in [2.05, 4.69) is 194 Å². The first-order valence-electron chi connectivity index (χ1n) is 33.5. The van der Waals surface area contributed by atoms with Crippen molar-refractivity contribution < 1.29 is 12.8 Å². The van der Waals surface area contributed by atoms with Gasteiger partial charge in [0.15, 0.2) is 0 Å². The van der Waals surface area contributed by atoms with Crippen LogP contribution in [0.25, 0.3) is 44.0 Å². The SMILES string of the molecule is CC.CC1N=C2c3ccccc3-c3ccccc3C2N1C.Cc1c2ccccc2c(C)c2nsnc12.Cc1ccc(C)c2nsnc12.Cc1ccc(S(=O)(=O)c2ccc(C)cc2)cc1.Cc1cccnc1.Cc1ccncc1.Cc1nc(C)nc(C)n1.Cc1nnc(C)n1C.Cc1nnc(C)o1. The van der Waals surface area contributed by atoms with Crippen LogP contribution in [0.5, 0.6) is 0 Å². The molecular weight excluding hydrogens is 1330 g/mol. The van der Waals surface area contributed by atoms with E-state index in [0.717, 1.165) is 62.3 Å². The minimum atomic E-state index is -3.37. The number of sulfone groups is 1. The van der Waals surface area contributed by atoms with Gasteiger partial charge in [-0.25, -0.2) is 23.4 Å². The van der Waals surface area contributed by atoms with E-state index >= 15 is 0 Å². The summed E-state index contributed by atoms with van der Waals surface area (Å²) in [6.45, 7) is 35.4. The number of rotatable bonds is 2. The molecule has 7 aromatic heterocycles. The molecule has 0 saturated carbocycles. The number of fused-ring (bicyclic) bond motifs is 9. The molecule has 0 saturated heterocycles. The Morgan fingerprint density at radius 3 is 1.23 bits per heavy atom. The maximum absolute atomic E-state index is 12.3. The lowest BCUT2D eigenvalue weighted by Gasteiger charge is -2.30. The first kappa shape index (κ1) is 78.9. The number of hydrogen-bond donors (Lipinski definition) is 0. The predicted octanol–water partition coefficient (Wildman–Crippen LogP) is 18.1. The van der Waals surface area contributed by atoms with Crippen molar-refractivity contribution in [2.24, 2.45) is 12.0 Å². The summed E-state index contributed by atoms with van der Waals surface area (Å²) in [4.78, 5) is 27.7. The zero-order valence-corrected chi connectivity index (χ0v) is 64.5. The summed E-state index contributed by atoms with van der Waals surface area (Å²) in [5.74, 6) is 5.54. The Morgan fingerprint density at radius 1 is 0.422 bits per heavy atom. The molecule has 16 rings (SSSR count). The monoisotopic (exact) mass is 1420 g/mol. The zero-order valence-electron chi connectivity index (χ0n) is 62.1. The normalized spacial score (nSPS) is 12.8. The lowest BCUT2D eigenvalue weighted by atomic mass is 9.81. The molecule has 102 heavy (non-hydrogen) atoms. The first-order chi connectivity index (χ1) is 48.8. The average molecular weight is 1420 g/mol. The molecule has 2 aliphatic rings. The Labute approximate surface area is 609 Å². The second kappa shape index (κ2) is 37.9. The number of nitrogens with zero attached hydrogens (tertiary/aromatic N) is 16. The Bertz CT molecular complexity index is 4850. The van der Waals surface area contributed by atoms with Gasteiger partial charge in [-0.15, -0.1) is 20.4 Å². The molecule has 19 nitrogen and oxygen atoms in total. The predicted molar refractivity (Wildman–Crippen MR) is 415 cm³/mol. The molecule has 0 amide bonds. The van der Waals surface area contributed by atoms with Crippen LogP contribution in [0, 0.1) is 104 Å². The van der Waals surface area contributed by atoms with Gasteiger partial charge >= 0.3 is 0 Å². The van der Waals surface area contributed by atoms with E-state index in [4.69, 9.17) is 9.41 Å². The molecule has 0 N–H and O–H groups in total. The summed E-state index contributed by atoms with van der Waals surface area (Å²) >= 11 is 2.57. The Kier molecular flexibility index (Phi) is 29.3. The summed E-state index contributed by atoms with van der Waals surface area (Å²) in [5.41, 5.74) is 20.2. The Hall–Kier alpha value is -10.4. The van der Waals surface area contributed by atoms with Crippen molar-refractivity contribution in [1.82, 2.24) is 72.3 Å². The van der Waals surface area contributed by atoms with Gasteiger partial charge in [0.2, 0.25) is 21.6 Å². The van der Waals surface area contributed by atoms with Crippen LogP contribution in [0.3, 0.4) is 0 Å². The fraction of sp³-hybridized carbons (Fsp3) is 0.275. The minimum Gasteiger partial charge on any atom is -0.426 e. The first-order valence-corrected chi connectivity index (χ1v) is 36.4. The number of pyridine rings is 2. The molecule has 0 fully saturated rings. The number of aryl methyl sites for hydroxylation is 15. The number of aliphatic imine (C=N–C) groups is 1. The third-order valence-electron chi connectivity index (χ3n) is 16.3. The van der Waals surface area contributed by atoms with Gasteiger partial charge in [-0.05, 0) is 207 Å². The minimum absolute atomic E-state index is 0.249. The van der Waals surface area contributed by atoms with Gasteiger partial charge in [-0.3, -0.25) is 19.9 Å². The molecule has 22 heteroatoms. The van der Waals surface area contributed by atoms with Crippen molar-refractivity contribution in [2.45, 2.75) is 147 Å². The molecule has 2 unspecified atom stereocenters. The van der Waals surface area contributed by atoms with Gasteiger partial charge in [0.05, 0.1) is 45.0 Å². The lowest BCUT2D eigenvalue weighted by Crippen LogP contribution is -2.31. The molecule has 0 radical (unpaired) electrons. The largest absolute Gasteiger partial charge is 0.426 e. The fourth-order valence-electron chi connectivity index (χ4n) is 10.6. The molecule has 1 aliphatic carbocycles. The van der Waals surface area contributed by atoms with E-state index < -0.39 is 9.84 Å². The van der Waals surface area contributed by atoms with Crippen LogP contribution in [0.15, 0.2) is 202 Å². The maximum atomic E-state index is 12.3. The highest BCUT2D eigenvalue weighted by Crippen LogP contribution is 2.44. The van der Waals surface area contributed by atoms with E-state index in [0.29, 0.717) is 27.6 Å². The highest BCUT2D eigenvalue weighted by Gasteiger charge is 2.38. The van der Waals surface area contributed by atoms with Crippen LogP contribution in [-0.4, -0.2) is 99.6 Å². The molecule has 0 bridgehead atoms. The molecule has 0 spiro atoms. The standard InChI is InChI=1S/C17H16N2.C14H14O2S.C12H10N2S.C8H8N2S.C6H9N3.2C6H7N.C5H9N3.C4H6N2O.C2H6/c1-11-18-16-14-9-5-3-7-12(14)13-8-4-6-10-15(13)17(16)19(11)2;1-11-3-7-13(8-4-11)17(15,16)14-9-5-12(2)6-10-14;1-7-9-5-3-4-6-10(9)8(2)12-11(7)13-15-14-12;1-5-3-4-6(2)8-7(5)9-11-10-8;1-4-7-5(2)9-6(3)8-4;1-6-2-4-7-5-3-6;1-6-3-2-4-7-5-6;1-4-6-7-5(2)8(4)3;1-3-5-6-4(2)7-3;1-2/h3-11,17H,1-2H3;3-10H,1-2H3;3-6H,1-2H3;3-4H,1-2H3;1-3H3;2*2-5H,1H3;1-3H3;1-2H3;1-2H3. The van der Waals surface area contributed by atoms with E-state index in [9.17, 15) is 8.42 Å². The molecule has 8 heterocycles. The number of likely N-dealkylation sites (N-methyl/N-ethyl adjacent to an activating group) is 1. The van der Waals surface area contributed by atoms with Crippen molar-refractivity contribution in [3.63, 3.8) is 0 Å². The van der Waals surface area contributed by atoms with Crippen molar-refractivity contribution >= 4 is 71.8 Å². The van der Waals surface area contributed by atoms with Gasteiger partial charge in [0.25, 0.3) is 0 Å². The van der Waals surface area contributed by atoms with E-state index in [-0.39, 0.29) is 6.17 Å².